The average Bonchev–Trinajstić information content (AvgIpc) is 2.19. The molecule has 0 heterocycles. The quantitative estimate of drug-likeness (QED) is 0.747. The van der Waals surface area contributed by atoms with Gasteiger partial charge in [-0.1, -0.05) is 39.2 Å². The summed E-state index contributed by atoms with van der Waals surface area (Å²) in [6, 6.07) is 3.39. The molecule has 0 saturated carbocycles. The van der Waals surface area contributed by atoms with Gasteiger partial charge in [-0.05, 0) is 35.7 Å². The monoisotopic (exact) mass is 190 g/mol. The van der Waals surface area contributed by atoms with E-state index in [1.54, 1.807) is 24.3 Å². The maximum Gasteiger partial charge on any atom is 0.116 e. The van der Waals surface area contributed by atoms with E-state index in [1.165, 1.54) is 0 Å². The highest BCUT2D eigenvalue weighted by molar-refractivity contribution is 5.67. The molecule has 14 heavy (non-hydrogen) atoms. The second-order valence-corrected chi connectivity index (χ2v) is 2.67. The van der Waals surface area contributed by atoms with Crippen molar-refractivity contribution >= 4 is 12.2 Å². The fourth-order valence-corrected chi connectivity index (χ4v) is 1.25. The largest absolute Gasteiger partial charge is 0.508 e. The van der Waals surface area contributed by atoms with Gasteiger partial charge in [-0.15, -0.1) is 0 Å². The van der Waals surface area contributed by atoms with Gasteiger partial charge >= 0.3 is 0 Å². The predicted octanol–water partition coefficient (Wildman–Crippen LogP) is 4.01. The second-order valence-electron chi connectivity index (χ2n) is 2.67. The molecule has 1 aromatic carbocycles. The van der Waals surface area contributed by atoms with E-state index in [0.29, 0.717) is 0 Å². The molecule has 1 heteroatoms. The van der Waals surface area contributed by atoms with Gasteiger partial charge in [-0.3, -0.25) is 0 Å². The number of phenols is 1. The lowest BCUT2D eigenvalue weighted by Gasteiger charge is -2.05. The predicted molar refractivity (Wildman–Crippen MR) is 64.4 cm³/mol. The van der Waals surface area contributed by atoms with Crippen molar-refractivity contribution in [3.63, 3.8) is 0 Å². The number of hydrogen-bond donors (Lipinski definition) is 1. The van der Waals surface area contributed by atoms with Crippen molar-refractivity contribution in [2.24, 2.45) is 0 Å². The molecule has 0 aliphatic carbocycles. The van der Waals surface area contributed by atoms with E-state index in [4.69, 9.17) is 0 Å². The summed E-state index contributed by atoms with van der Waals surface area (Å²) in [5, 5.41) is 9.26. The minimum absolute atomic E-state index is 0.271. The Bertz CT molecular complexity index is 324. The molecule has 0 amide bonds. The molecule has 1 rings (SSSR count). The van der Waals surface area contributed by atoms with Crippen LogP contribution < -0.4 is 0 Å². The Balaban J connectivity index is 0.000000791. The minimum Gasteiger partial charge on any atom is -0.508 e. The highest BCUT2D eigenvalue weighted by Gasteiger charge is 2.01. The van der Waals surface area contributed by atoms with Crippen LogP contribution in [0.1, 0.15) is 30.5 Å². The highest BCUT2D eigenvalue weighted by Crippen LogP contribution is 2.22. The van der Waals surface area contributed by atoms with E-state index in [2.05, 4.69) is 13.2 Å². The van der Waals surface area contributed by atoms with Crippen molar-refractivity contribution in [3.05, 3.63) is 42.0 Å². The van der Waals surface area contributed by atoms with E-state index in [0.717, 1.165) is 16.7 Å². The summed E-state index contributed by atoms with van der Waals surface area (Å²) in [5.74, 6) is 0.271. The van der Waals surface area contributed by atoms with Gasteiger partial charge in [-0.2, -0.15) is 0 Å². The van der Waals surface area contributed by atoms with Crippen LogP contribution in [0.25, 0.3) is 12.2 Å². The van der Waals surface area contributed by atoms with Crippen LogP contribution in [-0.2, 0) is 0 Å². The molecule has 0 unspecified atom stereocenters. The van der Waals surface area contributed by atoms with Crippen molar-refractivity contribution < 1.29 is 5.11 Å². The number of aromatic hydroxyl groups is 1. The molecule has 0 aliphatic heterocycles. The fourth-order valence-electron chi connectivity index (χ4n) is 1.25. The van der Waals surface area contributed by atoms with Crippen LogP contribution in [0.3, 0.4) is 0 Å². The third-order valence-electron chi connectivity index (χ3n) is 1.83. The SMILES string of the molecule is C=Cc1cc(O)cc(C)c1C=C.CC. The van der Waals surface area contributed by atoms with Crippen molar-refractivity contribution in [2.75, 3.05) is 0 Å². The summed E-state index contributed by atoms with van der Waals surface area (Å²) in [6.45, 7) is 13.3. The van der Waals surface area contributed by atoms with Crippen LogP contribution in [0.15, 0.2) is 25.3 Å². The lowest BCUT2D eigenvalue weighted by molar-refractivity contribution is 0.474. The Hall–Kier alpha value is -1.50. The molecule has 0 atom stereocenters. The molecule has 1 N–H and O–H groups in total. The summed E-state index contributed by atoms with van der Waals surface area (Å²) in [5.41, 5.74) is 2.96. The Morgan fingerprint density at radius 2 is 1.71 bits per heavy atom. The van der Waals surface area contributed by atoms with E-state index in [9.17, 15) is 5.11 Å². The van der Waals surface area contributed by atoms with Gasteiger partial charge in [0.25, 0.3) is 0 Å². The number of hydrogen-bond acceptors (Lipinski definition) is 1. The number of rotatable bonds is 2. The van der Waals surface area contributed by atoms with Gasteiger partial charge in [0.15, 0.2) is 0 Å². The maximum absolute atomic E-state index is 9.26. The third kappa shape index (κ3) is 2.77. The maximum atomic E-state index is 9.26. The van der Waals surface area contributed by atoms with Crippen molar-refractivity contribution in [2.45, 2.75) is 20.8 Å². The molecule has 1 nitrogen and oxygen atoms in total. The molecule has 1 aromatic rings. The summed E-state index contributed by atoms with van der Waals surface area (Å²) < 4.78 is 0. The Morgan fingerprint density at radius 1 is 1.14 bits per heavy atom. The van der Waals surface area contributed by atoms with Crippen LogP contribution >= 0.6 is 0 Å². The molecule has 76 valence electrons. The topological polar surface area (TPSA) is 20.2 Å². The summed E-state index contributed by atoms with van der Waals surface area (Å²) in [6.07, 6.45) is 3.48. The van der Waals surface area contributed by atoms with Gasteiger partial charge < -0.3 is 5.11 Å². The van der Waals surface area contributed by atoms with Crippen LogP contribution in [0, 0.1) is 6.92 Å². The van der Waals surface area contributed by atoms with Gasteiger partial charge in [-0.25, -0.2) is 0 Å². The Labute approximate surface area is 86.4 Å². The van der Waals surface area contributed by atoms with Gasteiger partial charge in [0.05, 0.1) is 0 Å². The van der Waals surface area contributed by atoms with Crippen LogP contribution in [-0.4, -0.2) is 5.11 Å². The average molecular weight is 190 g/mol. The number of phenolic OH excluding ortho intramolecular Hbond substituents is 1. The fraction of sp³-hybridized carbons (Fsp3) is 0.231. The first kappa shape index (κ1) is 12.5. The van der Waals surface area contributed by atoms with E-state index in [-0.39, 0.29) is 5.75 Å². The van der Waals surface area contributed by atoms with Gasteiger partial charge in [0.2, 0.25) is 0 Å². The van der Waals surface area contributed by atoms with E-state index < -0.39 is 0 Å². The minimum atomic E-state index is 0.271. The third-order valence-corrected chi connectivity index (χ3v) is 1.83. The smallest absolute Gasteiger partial charge is 0.116 e. The lowest BCUT2D eigenvalue weighted by Crippen LogP contribution is -1.85. The number of aryl methyl sites for hydroxylation is 1. The Morgan fingerprint density at radius 3 is 2.14 bits per heavy atom. The van der Waals surface area contributed by atoms with Crippen LogP contribution in [0.2, 0.25) is 0 Å². The molecule has 0 radical (unpaired) electrons. The molecule has 0 fully saturated rings. The summed E-state index contributed by atoms with van der Waals surface area (Å²) in [4.78, 5) is 0. The first-order valence-electron chi connectivity index (χ1n) is 4.77. The highest BCUT2D eigenvalue weighted by atomic mass is 16.3. The zero-order valence-electron chi connectivity index (χ0n) is 9.17. The molecule has 0 aliphatic rings. The van der Waals surface area contributed by atoms with Gasteiger partial charge in [0, 0.05) is 0 Å². The molecular formula is C13H18O. The second kappa shape index (κ2) is 6.03. The molecule has 0 bridgehead atoms. The first-order valence-corrected chi connectivity index (χ1v) is 4.77. The van der Waals surface area contributed by atoms with E-state index in [1.807, 2.05) is 20.8 Å². The van der Waals surface area contributed by atoms with Crippen LogP contribution in [0.5, 0.6) is 5.75 Å². The first-order chi connectivity index (χ1) is 6.69. The molecular weight excluding hydrogens is 172 g/mol. The van der Waals surface area contributed by atoms with Crippen molar-refractivity contribution in [3.8, 4) is 5.75 Å². The zero-order valence-corrected chi connectivity index (χ0v) is 9.17. The lowest BCUT2D eigenvalue weighted by atomic mass is 10.0. The molecule has 0 spiro atoms. The van der Waals surface area contributed by atoms with Gasteiger partial charge in [0.1, 0.15) is 5.75 Å². The van der Waals surface area contributed by atoms with Crippen molar-refractivity contribution in [1.29, 1.82) is 0 Å². The Kier molecular flexibility index (Phi) is 5.38. The summed E-state index contributed by atoms with van der Waals surface area (Å²) in [7, 11) is 0. The van der Waals surface area contributed by atoms with Crippen LogP contribution in [0.4, 0.5) is 0 Å². The standard InChI is InChI=1S/C11H12O.C2H6/c1-4-9-7-10(12)6-8(3)11(9)5-2;1-2/h4-7,12H,1-2H2,3H3;1-2H3. The molecule has 0 saturated heterocycles. The number of benzene rings is 1. The van der Waals surface area contributed by atoms with Crippen molar-refractivity contribution in [1.82, 2.24) is 0 Å². The summed E-state index contributed by atoms with van der Waals surface area (Å²) >= 11 is 0. The van der Waals surface area contributed by atoms with E-state index >= 15 is 0 Å². The normalized spacial score (nSPS) is 8.50. The zero-order chi connectivity index (χ0) is 11.1. The molecule has 0 aromatic heterocycles.